The first-order valence-electron chi connectivity index (χ1n) is 9.08. The van der Waals surface area contributed by atoms with Gasteiger partial charge < -0.3 is 25.8 Å². The lowest BCUT2D eigenvalue weighted by Crippen LogP contribution is -2.36. The fourth-order valence-corrected chi connectivity index (χ4v) is 2.55. The van der Waals surface area contributed by atoms with E-state index < -0.39 is 5.91 Å². The Kier molecular flexibility index (Phi) is 8.30. The molecule has 0 saturated heterocycles. The first-order valence-corrected chi connectivity index (χ1v) is 9.08. The van der Waals surface area contributed by atoms with Gasteiger partial charge in [-0.15, -0.1) is 0 Å². The van der Waals surface area contributed by atoms with Crippen molar-refractivity contribution in [3.8, 4) is 5.75 Å². The summed E-state index contributed by atoms with van der Waals surface area (Å²) in [6.45, 7) is 4.22. The average molecular weight is 384 g/mol. The Balaban J connectivity index is 1.92. The molecule has 0 heterocycles. The third kappa shape index (κ3) is 6.59. The lowest BCUT2D eigenvalue weighted by Gasteiger charge is -2.15. The van der Waals surface area contributed by atoms with Crippen LogP contribution in [0.5, 0.6) is 5.75 Å². The van der Waals surface area contributed by atoms with E-state index in [0.717, 1.165) is 22.4 Å². The van der Waals surface area contributed by atoms with Gasteiger partial charge in [0, 0.05) is 38.4 Å². The predicted octanol–water partition coefficient (Wildman–Crippen LogP) is 1.98. The lowest BCUT2D eigenvalue weighted by atomic mass is 10.1. The van der Waals surface area contributed by atoms with Crippen LogP contribution in [0.15, 0.2) is 47.5 Å². The van der Waals surface area contributed by atoms with Crippen molar-refractivity contribution in [1.29, 1.82) is 0 Å². The smallest absolute Gasteiger partial charge is 0.248 e. The molecule has 0 radical (unpaired) electrons. The van der Waals surface area contributed by atoms with E-state index in [1.807, 2.05) is 31.2 Å². The van der Waals surface area contributed by atoms with Crippen LogP contribution in [-0.2, 0) is 17.8 Å². The van der Waals surface area contributed by atoms with Gasteiger partial charge in [-0.1, -0.05) is 24.3 Å². The zero-order chi connectivity index (χ0) is 20.4. The molecule has 2 rings (SSSR count). The minimum absolute atomic E-state index is 0.432. The molecule has 0 unspecified atom stereocenters. The second-order valence-electron chi connectivity index (χ2n) is 6.29. The Morgan fingerprint density at radius 1 is 1.07 bits per heavy atom. The number of guanidine groups is 1. The summed E-state index contributed by atoms with van der Waals surface area (Å²) in [5, 5.41) is 6.54. The van der Waals surface area contributed by atoms with Gasteiger partial charge in [-0.05, 0) is 36.2 Å². The van der Waals surface area contributed by atoms with Crippen molar-refractivity contribution in [1.82, 2.24) is 10.6 Å². The fraction of sp³-hybridized carbons (Fsp3) is 0.333. The van der Waals surface area contributed by atoms with E-state index in [0.29, 0.717) is 37.8 Å². The zero-order valence-electron chi connectivity index (χ0n) is 16.6. The first-order chi connectivity index (χ1) is 13.5. The molecule has 0 spiro atoms. The number of ether oxygens (including phenoxy) is 2. The SMILES string of the molecule is CN=C(NCc1ccc(C(N)=O)cc1)NCc1ccc(C)cc1OCCOC. The predicted molar refractivity (Wildman–Crippen MR) is 111 cm³/mol. The third-order valence-corrected chi connectivity index (χ3v) is 4.14. The molecule has 0 aromatic heterocycles. The zero-order valence-corrected chi connectivity index (χ0v) is 16.6. The van der Waals surface area contributed by atoms with Crippen molar-refractivity contribution in [3.63, 3.8) is 0 Å². The number of hydrogen-bond donors (Lipinski definition) is 3. The van der Waals surface area contributed by atoms with Gasteiger partial charge in [0.1, 0.15) is 12.4 Å². The number of carbonyl (C=O) groups is 1. The van der Waals surface area contributed by atoms with Crippen LogP contribution in [0.2, 0.25) is 0 Å². The summed E-state index contributed by atoms with van der Waals surface area (Å²) in [4.78, 5) is 15.4. The molecule has 0 saturated carbocycles. The quantitative estimate of drug-likeness (QED) is 0.349. The van der Waals surface area contributed by atoms with Gasteiger partial charge in [0.05, 0.1) is 6.61 Å². The molecule has 7 nitrogen and oxygen atoms in total. The number of nitrogens with zero attached hydrogens (tertiary/aromatic N) is 1. The lowest BCUT2D eigenvalue weighted by molar-refractivity contribution is 0.100. The topological polar surface area (TPSA) is 98.0 Å². The second kappa shape index (κ2) is 10.9. The highest BCUT2D eigenvalue weighted by molar-refractivity contribution is 5.92. The number of nitrogens with two attached hydrogens (primary N) is 1. The molecular formula is C21H28N4O3. The molecule has 150 valence electrons. The average Bonchev–Trinajstić information content (AvgIpc) is 2.70. The molecule has 0 atom stereocenters. The maximum Gasteiger partial charge on any atom is 0.248 e. The van der Waals surface area contributed by atoms with E-state index in [-0.39, 0.29) is 0 Å². The summed E-state index contributed by atoms with van der Waals surface area (Å²) in [7, 11) is 3.37. The number of nitrogens with one attached hydrogen (secondary N) is 2. The molecule has 0 aliphatic carbocycles. The van der Waals surface area contributed by atoms with Gasteiger partial charge in [0.25, 0.3) is 0 Å². The highest BCUT2D eigenvalue weighted by atomic mass is 16.5. The molecule has 1 amide bonds. The van der Waals surface area contributed by atoms with Crippen LogP contribution in [0.3, 0.4) is 0 Å². The van der Waals surface area contributed by atoms with E-state index in [2.05, 4.69) is 21.7 Å². The van der Waals surface area contributed by atoms with E-state index in [9.17, 15) is 4.79 Å². The normalized spacial score (nSPS) is 11.2. The highest BCUT2D eigenvalue weighted by Gasteiger charge is 2.06. The van der Waals surface area contributed by atoms with Crippen LogP contribution in [0.1, 0.15) is 27.0 Å². The van der Waals surface area contributed by atoms with Crippen LogP contribution < -0.4 is 21.1 Å². The Hall–Kier alpha value is -3.06. The summed E-state index contributed by atoms with van der Waals surface area (Å²) < 4.78 is 10.9. The van der Waals surface area contributed by atoms with Crippen molar-refractivity contribution in [2.45, 2.75) is 20.0 Å². The number of aliphatic imine (C=N–C) groups is 1. The van der Waals surface area contributed by atoms with Crippen molar-refractivity contribution >= 4 is 11.9 Å². The molecular weight excluding hydrogens is 356 g/mol. The second-order valence-corrected chi connectivity index (χ2v) is 6.29. The minimum Gasteiger partial charge on any atom is -0.491 e. The van der Waals surface area contributed by atoms with Crippen LogP contribution in [-0.4, -0.2) is 39.2 Å². The summed E-state index contributed by atoms with van der Waals surface area (Å²) in [5.74, 6) is 1.07. The number of methoxy groups -OCH3 is 1. The number of rotatable bonds is 9. The van der Waals surface area contributed by atoms with Crippen molar-refractivity contribution in [2.75, 3.05) is 27.4 Å². The maximum absolute atomic E-state index is 11.1. The molecule has 0 fully saturated rings. The van der Waals surface area contributed by atoms with E-state index in [4.69, 9.17) is 15.2 Å². The fourth-order valence-electron chi connectivity index (χ4n) is 2.55. The van der Waals surface area contributed by atoms with Gasteiger partial charge in [-0.3, -0.25) is 9.79 Å². The number of hydrogen-bond acceptors (Lipinski definition) is 4. The van der Waals surface area contributed by atoms with Crippen molar-refractivity contribution in [3.05, 3.63) is 64.7 Å². The van der Waals surface area contributed by atoms with Gasteiger partial charge >= 0.3 is 0 Å². The van der Waals surface area contributed by atoms with Crippen LogP contribution >= 0.6 is 0 Å². The third-order valence-electron chi connectivity index (χ3n) is 4.14. The monoisotopic (exact) mass is 384 g/mol. The van der Waals surface area contributed by atoms with Crippen molar-refractivity contribution in [2.24, 2.45) is 10.7 Å². The number of amides is 1. The molecule has 0 aliphatic rings. The van der Waals surface area contributed by atoms with E-state index in [1.54, 1.807) is 26.3 Å². The number of aryl methyl sites for hydroxylation is 1. The molecule has 0 bridgehead atoms. The Morgan fingerprint density at radius 3 is 2.43 bits per heavy atom. The first kappa shape index (κ1) is 21.2. The summed E-state index contributed by atoms with van der Waals surface area (Å²) in [6.07, 6.45) is 0. The molecule has 2 aromatic rings. The van der Waals surface area contributed by atoms with Gasteiger partial charge in [0.15, 0.2) is 5.96 Å². The Labute approximate surface area is 165 Å². The van der Waals surface area contributed by atoms with E-state index >= 15 is 0 Å². The van der Waals surface area contributed by atoms with Gasteiger partial charge in [-0.25, -0.2) is 0 Å². The molecule has 28 heavy (non-hydrogen) atoms. The Bertz CT molecular complexity index is 804. The highest BCUT2D eigenvalue weighted by Crippen LogP contribution is 2.20. The molecule has 7 heteroatoms. The summed E-state index contributed by atoms with van der Waals surface area (Å²) in [5.41, 5.74) is 8.95. The summed E-state index contributed by atoms with van der Waals surface area (Å²) in [6, 6.07) is 13.3. The molecule has 2 aromatic carbocycles. The minimum atomic E-state index is -0.432. The molecule has 4 N–H and O–H groups in total. The summed E-state index contributed by atoms with van der Waals surface area (Å²) >= 11 is 0. The number of primary amides is 1. The van der Waals surface area contributed by atoms with Crippen LogP contribution in [0, 0.1) is 6.92 Å². The largest absolute Gasteiger partial charge is 0.491 e. The number of carbonyl (C=O) groups excluding carboxylic acids is 1. The van der Waals surface area contributed by atoms with Crippen molar-refractivity contribution < 1.29 is 14.3 Å². The Morgan fingerprint density at radius 2 is 1.79 bits per heavy atom. The van der Waals surface area contributed by atoms with Gasteiger partial charge in [-0.2, -0.15) is 0 Å². The maximum atomic E-state index is 11.1. The number of benzene rings is 2. The van der Waals surface area contributed by atoms with Gasteiger partial charge in [0.2, 0.25) is 5.91 Å². The van der Waals surface area contributed by atoms with Crippen LogP contribution in [0.4, 0.5) is 0 Å². The van der Waals surface area contributed by atoms with E-state index in [1.165, 1.54) is 0 Å². The van der Waals surface area contributed by atoms with Crippen LogP contribution in [0.25, 0.3) is 0 Å². The standard InChI is InChI=1S/C21H28N4O3/c1-15-4-7-18(19(12-15)28-11-10-27-3)14-25-21(23-2)24-13-16-5-8-17(9-6-16)20(22)26/h4-9,12H,10-11,13-14H2,1-3H3,(H2,22,26)(H2,23,24,25). The molecule has 0 aliphatic heterocycles.